The molecule has 3 atom stereocenters. The van der Waals surface area contributed by atoms with Gasteiger partial charge in [-0.25, -0.2) is 0 Å². The van der Waals surface area contributed by atoms with E-state index < -0.39 is 18.2 Å². The predicted molar refractivity (Wildman–Crippen MR) is 66.4 cm³/mol. The van der Waals surface area contributed by atoms with Gasteiger partial charge in [0.1, 0.15) is 17.6 Å². The highest BCUT2D eigenvalue weighted by Gasteiger charge is 2.28. The highest BCUT2D eigenvalue weighted by molar-refractivity contribution is 5.82. The molecule has 0 radical (unpaired) electrons. The van der Waals surface area contributed by atoms with Gasteiger partial charge in [0.15, 0.2) is 12.2 Å². The Morgan fingerprint density at radius 2 is 2.33 bits per heavy atom. The van der Waals surface area contributed by atoms with Gasteiger partial charge >= 0.3 is 0 Å². The van der Waals surface area contributed by atoms with Crippen molar-refractivity contribution < 1.29 is 15.0 Å². The van der Waals surface area contributed by atoms with E-state index in [1.807, 2.05) is 0 Å². The summed E-state index contributed by atoms with van der Waals surface area (Å²) in [6.07, 6.45) is -1.28. The Morgan fingerprint density at radius 3 is 2.83 bits per heavy atom. The summed E-state index contributed by atoms with van der Waals surface area (Å²) in [4.78, 5) is 14.7. The zero-order chi connectivity index (χ0) is 13.7. The van der Waals surface area contributed by atoms with Crippen LogP contribution >= 0.6 is 0 Å². The van der Waals surface area contributed by atoms with Crippen molar-refractivity contribution in [3.05, 3.63) is 11.5 Å². The number of guanidine groups is 1. The van der Waals surface area contributed by atoms with Gasteiger partial charge in [-0.05, 0) is 6.92 Å². The Hall–Kier alpha value is -1.80. The molecule has 0 bridgehead atoms. The average Bonchev–Trinajstić information content (AvgIpc) is 2.37. The number of aliphatic hydroxyl groups is 2. The summed E-state index contributed by atoms with van der Waals surface area (Å²) in [5.74, 6) is 0.551. The number of hydrogen-bond acceptors (Lipinski definition) is 6. The maximum Gasteiger partial charge on any atom is 0.194 e. The predicted octanol–water partition coefficient (Wildman–Crippen LogP) is -2.81. The van der Waals surface area contributed by atoms with Crippen LogP contribution in [0, 0.1) is 0 Å². The van der Waals surface area contributed by atoms with Crippen LogP contribution in [-0.4, -0.2) is 54.3 Å². The summed E-state index contributed by atoms with van der Waals surface area (Å²) in [7, 11) is 1.51. The molecule has 1 rings (SSSR count). The van der Waals surface area contributed by atoms with E-state index in [9.17, 15) is 15.0 Å². The fraction of sp³-hybridized carbons (Fsp3) is 0.600. The van der Waals surface area contributed by atoms with Crippen LogP contribution in [0.25, 0.3) is 0 Å². The molecule has 0 saturated carbocycles. The van der Waals surface area contributed by atoms with Crippen LogP contribution in [0.15, 0.2) is 16.5 Å². The minimum atomic E-state index is -0.980. The van der Waals surface area contributed by atoms with E-state index in [0.29, 0.717) is 18.7 Å². The standard InChI is InChI=1S/C10H19N5O3/c1-5(17)8(18)6-3-13-9(7(4-16)14-6)15-10(11)12-2/h4-6,8,13-14,17-18H,3H2,1-2H3,(H3,11,12,15)/t5-,6+,8-/m0/s1. The van der Waals surface area contributed by atoms with E-state index in [-0.39, 0.29) is 11.7 Å². The van der Waals surface area contributed by atoms with Crippen molar-refractivity contribution in [3.8, 4) is 0 Å². The Kier molecular flexibility index (Phi) is 4.93. The molecule has 0 spiro atoms. The first kappa shape index (κ1) is 14.3. The third-order valence-electron chi connectivity index (χ3n) is 2.63. The van der Waals surface area contributed by atoms with Crippen LogP contribution in [0.2, 0.25) is 0 Å². The van der Waals surface area contributed by atoms with E-state index in [4.69, 9.17) is 5.73 Å². The number of nitrogens with zero attached hydrogens (tertiary/aromatic N) is 1. The molecule has 0 unspecified atom stereocenters. The molecule has 8 nitrogen and oxygen atoms in total. The third-order valence-corrected chi connectivity index (χ3v) is 2.63. The van der Waals surface area contributed by atoms with Crippen molar-refractivity contribution in [1.29, 1.82) is 0 Å². The number of carbonyl (C=O) groups is 1. The molecule has 18 heavy (non-hydrogen) atoms. The molecule has 0 amide bonds. The monoisotopic (exact) mass is 257 g/mol. The first-order valence-corrected chi connectivity index (χ1v) is 5.54. The number of aliphatic hydroxyl groups excluding tert-OH is 2. The van der Waals surface area contributed by atoms with E-state index in [1.54, 1.807) is 0 Å². The van der Waals surface area contributed by atoms with Crippen molar-refractivity contribution in [2.75, 3.05) is 13.6 Å². The summed E-state index contributed by atoms with van der Waals surface area (Å²) in [5, 5.41) is 27.5. The van der Waals surface area contributed by atoms with Gasteiger partial charge in [-0.15, -0.1) is 0 Å². The lowest BCUT2D eigenvalue weighted by atomic mass is 10.0. The second-order valence-corrected chi connectivity index (χ2v) is 4.00. The van der Waals surface area contributed by atoms with Crippen molar-refractivity contribution in [3.63, 3.8) is 0 Å². The molecule has 7 N–H and O–H groups in total. The van der Waals surface area contributed by atoms with E-state index in [0.717, 1.165) is 0 Å². The fourth-order valence-electron chi connectivity index (χ4n) is 1.56. The molecule has 0 aliphatic carbocycles. The maximum atomic E-state index is 11.0. The van der Waals surface area contributed by atoms with Crippen LogP contribution < -0.4 is 21.7 Å². The summed E-state index contributed by atoms with van der Waals surface area (Å²) < 4.78 is 0. The lowest BCUT2D eigenvalue weighted by molar-refractivity contribution is -0.105. The number of aldehydes is 1. The Bertz CT molecular complexity index is 367. The quantitative estimate of drug-likeness (QED) is 0.182. The molecule has 0 aromatic carbocycles. The summed E-state index contributed by atoms with van der Waals surface area (Å²) in [5.41, 5.74) is 5.71. The molecule has 1 aliphatic rings. The zero-order valence-electron chi connectivity index (χ0n) is 10.3. The molecule has 1 aliphatic heterocycles. The first-order chi connectivity index (χ1) is 8.49. The number of carbonyl (C=O) groups excluding carboxylic acids is 1. The smallest absolute Gasteiger partial charge is 0.194 e. The van der Waals surface area contributed by atoms with Crippen LogP contribution in [-0.2, 0) is 4.79 Å². The van der Waals surface area contributed by atoms with Crippen molar-refractivity contribution in [2.45, 2.75) is 25.2 Å². The number of aliphatic imine (C=N–C) groups is 1. The van der Waals surface area contributed by atoms with Crippen LogP contribution in [0.3, 0.4) is 0 Å². The Morgan fingerprint density at radius 1 is 1.67 bits per heavy atom. The number of allylic oxidation sites excluding steroid dienone is 1. The average molecular weight is 257 g/mol. The van der Waals surface area contributed by atoms with Gasteiger partial charge in [0.05, 0.1) is 12.1 Å². The van der Waals surface area contributed by atoms with E-state index >= 15 is 0 Å². The lowest BCUT2D eigenvalue weighted by Gasteiger charge is -2.32. The molecular formula is C10H19N5O3. The molecule has 102 valence electrons. The number of rotatable bonds is 4. The highest BCUT2D eigenvalue weighted by Crippen LogP contribution is 2.07. The second kappa shape index (κ2) is 6.22. The molecule has 0 aromatic heterocycles. The minimum Gasteiger partial charge on any atom is -0.391 e. The van der Waals surface area contributed by atoms with Gasteiger partial charge in [-0.2, -0.15) is 0 Å². The van der Waals surface area contributed by atoms with Crippen molar-refractivity contribution in [2.24, 2.45) is 10.7 Å². The topological polar surface area (TPSA) is 132 Å². The molecule has 0 aromatic rings. The second-order valence-electron chi connectivity index (χ2n) is 4.00. The Balaban J connectivity index is 2.79. The molecular weight excluding hydrogens is 238 g/mol. The van der Waals surface area contributed by atoms with Gasteiger partial charge in [0.2, 0.25) is 0 Å². The fourth-order valence-corrected chi connectivity index (χ4v) is 1.56. The van der Waals surface area contributed by atoms with Crippen LogP contribution in [0.5, 0.6) is 0 Å². The van der Waals surface area contributed by atoms with Gasteiger partial charge in [0, 0.05) is 13.6 Å². The number of nitrogens with one attached hydrogen (secondary N) is 3. The highest BCUT2D eigenvalue weighted by atomic mass is 16.3. The van der Waals surface area contributed by atoms with E-state index in [2.05, 4.69) is 20.9 Å². The van der Waals surface area contributed by atoms with Crippen molar-refractivity contribution in [1.82, 2.24) is 16.0 Å². The summed E-state index contributed by atoms with van der Waals surface area (Å²) >= 11 is 0. The van der Waals surface area contributed by atoms with Gasteiger partial charge in [-0.1, -0.05) is 0 Å². The zero-order valence-corrected chi connectivity index (χ0v) is 10.3. The summed E-state index contributed by atoms with van der Waals surface area (Å²) in [6, 6.07) is -0.462. The SMILES string of the molecule is CN=C(N)NC1=C(C=O)N[C@@H]([C@@H](O)[C@H](C)O)CN1. The van der Waals surface area contributed by atoms with Gasteiger partial charge < -0.3 is 31.9 Å². The third kappa shape index (κ3) is 3.34. The van der Waals surface area contributed by atoms with Gasteiger partial charge in [0.25, 0.3) is 0 Å². The Labute approximate surface area is 105 Å². The molecule has 0 fully saturated rings. The van der Waals surface area contributed by atoms with Crippen LogP contribution in [0.1, 0.15) is 6.92 Å². The molecule has 8 heteroatoms. The normalized spacial score (nSPS) is 23.8. The summed E-state index contributed by atoms with van der Waals surface area (Å²) in [6.45, 7) is 1.81. The number of nitrogens with two attached hydrogens (primary N) is 1. The first-order valence-electron chi connectivity index (χ1n) is 5.54. The van der Waals surface area contributed by atoms with E-state index in [1.165, 1.54) is 14.0 Å². The maximum absolute atomic E-state index is 11.0. The van der Waals surface area contributed by atoms with Gasteiger partial charge in [-0.3, -0.25) is 9.79 Å². The van der Waals surface area contributed by atoms with Crippen molar-refractivity contribution >= 4 is 12.2 Å². The largest absolute Gasteiger partial charge is 0.391 e. The molecule has 0 saturated heterocycles. The molecule has 1 heterocycles. The number of hydrogen-bond donors (Lipinski definition) is 6. The lowest BCUT2D eigenvalue weighted by Crippen LogP contribution is -2.56. The minimum absolute atomic E-state index is 0.160. The van der Waals surface area contributed by atoms with Crippen LogP contribution in [0.4, 0.5) is 0 Å².